The molecule has 0 bridgehead atoms. The fourth-order valence-electron chi connectivity index (χ4n) is 1.01. The van der Waals surface area contributed by atoms with Crippen molar-refractivity contribution in [1.82, 2.24) is 0 Å². The lowest BCUT2D eigenvalue weighted by atomic mass is 10.3. The van der Waals surface area contributed by atoms with Crippen molar-refractivity contribution < 1.29 is 14.6 Å². The standard InChI is InChI=1S/C8H10N2O4/c1-13-10(14-2)8-5-3-4-7(6-8)9(11)12/h3-6H,1-2H3. The third-order valence-corrected chi connectivity index (χ3v) is 1.58. The summed E-state index contributed by atoms with van der Waals surface area (Å²) in [6, 6.07) is 5.94. The summed E-state index contributed by atoms with van der Waals surface area (Å²) in [5.41, 5.74) is 0.450. The predicted octanol–water partition coefficient (Wildman–Crippen LogP) is 1.52. The molecule has 14 heavy (non-hydrogen) atoms. The van der Waals surface area contributed by atoms with Gasteiger partial charge in [-0.25, -0.2) is 0 Å². The van der Waals surface area contributed by atoms with E-state index in [0.717, 1.165) is 5.23 Å². The molecule has 0 unspecified atom stereocenters. The molecule has 76 valence electrons. The van der Waals surface area contributed by atoms with E-state index in [4.69, 9.17) is 9.68 Å². The molecular formula is C8H10N2O4. The SMILES string of the molecule is CON(OC)c1cccc([N+](=O)[O-])c1. The first-order valence-electron chi connectivity index (χ1n) is 3.82. The molecule has 1 aromatic carbocycles. The van der Waals surface area contributed by atoms with Crippen molar-refractivity contribution in [3.8, 4) is 0 Å². The molecule has 0 aromatic heterocycles. The van der Waals surface area contributed by atoms with Crippen molar-refractivity contribution in [3.05, 3.63) is 34.4 Å². The molecule has 0 amide bonds. The second-order valence-electron chi connectivity index (χ2n) is 2.40. The number of nitro groups is 1. The van der Waals surface area contributed by atoms with Crippen molar-refractivity contribution in [2.75, 3.05) is 19.4 Å². The highest BCUT2D eigenvalue weighted by molar-refractivity contribution is 5.49. The summed E-state index contributed by atoms with van der Waals surface area (Å²) in [6.07, 6.45) is 0. The molecule has 1 rings (SSSR count). The van der Waals surface area contributed by atoms with Crippen LogP contribution in [0.4, 0.5) is 11.4 Å². The van der Waals surface area contributed by atoms with E-state index in [0.29, 0.717) is 5.69 Å². The number of anilines is 1. The van der Waals surface area contributed by atoms with Crippen molar-refractivity contribution >= 4 is 11.4 Å². The highest BCUT2D eigenvalue weighted by atomic mass is 16.9. The van der Waals surface area contributed by atoms with Crippen LogP contribution in [0.3, 0.4) is 0 Å². The second-order valence-corrected chi connectivity index (χ2v) is 2.40. The van der Waals surface area contributed by atoms with Crippen molar-refractivity contribution in [3.63, 3.8) is 0 Å². The highest BCUT2D eigenvalue weighted by Crippen LogP contribution is 2.20. The summed E-state index contributed by atoms with van der Waals surface area (Å²) < 4.78 is 0. The molecule has 0 N–H and O–H groups in total. The van der Waals surface area contributed by atoms with E-state index in [9.17, 15) is 10.1 Å². The molecule has 0 radical (unpaired) electrons. The van der Waals surface area contributed by atoms with Crippen LogP contribution in [-0.2, 0) is 9.68 Å². The van der Waals surface area contributed by atoms with Crippen LogP contribution in [0.1, 0.15) is 0 Å². The lowest BCUT2D eigenvalue weighted by Crippen LogP contribution is -2.19. The summed E-state index contributed by atoms with van der Waals surface area (Å²) >= 11 is 0. The molecule has 6 nitrogen and oxygen atoms in total. The van der Waals surface area contributed by atoms with E-state index >= 15 is 0 Å². The Hall–Kier alpha value is -1.66. The number of hydrogen-bond acceptors (Lipinski definition) is 5. The third kappa shape index (κ3) is 2.18. The van der Waals surface area contributed by atoms with Gasteiger partial charge >= 0.3 is 0 Å². The van der Waals surface area contributed by atoms with Gasteiger partial charge in [-0.1, -0.05) is 6.07 Å². The molecule has 0 aliphatic rings. The van der Waals surface area contributed by atoms with Gasteiger partial charge in [-0.05, 0) is 6.07 Å². The Balaban J connectivity index is 2.98. The molecule has 0 heterocycles. The highest BCUT2D eigenvalue weighted by Gasteiger charge is 2.10. The monoisotopic (exact) mass is 198 g/mol. The van der Waals surface area contributed by atoms with Crippen LogP contribution < -0.4 is 5.23 Å². The zero-order chi connectivity index (χ0) is 10.6. The van der Waals surface area contributed by atoms with Gasteiger partial charge in [0.1, 0.15) is 5.69 Å². The first-order valence-corrected chi connectivity index (χ1v) is 3.82. The fraction of sp³-hybridized carbons (Fsp3) is 0.250. The molecule has 0 aliphatic heterocycles. The summed E-state index contributed by atoms with van der Waals surface area (Å²) in [4.78, 5) is 19.6. The topological polar surface area (TPSA) is 64.8 Å². The Bertz CT molecular complexity index is 325. The molecular weight excluding hydrogens is 188 g/mol. The summed E-state index contributed by atoms with van der Waals surface area (Å²) in [5, 5.41) is 11.5. The van der Waals surface area contributed by atoms with Gasteiger partial charge in [0.15, 0.2) is 0 Å². The zero-order valence-electron chi connectivity index (χ0n) is 7.84. The molecule has 0 saturated heterocycles. The van der Waals surface area contributed by atoms with E-state index in [1.807, 2.05) is 0 Å². The Kier molecular flexibility index (Phi) is 3.38. The number of rotatable bonds is 4. The van der Waals surface area contributed by atoms with Crippen LogP contribution in [0.15, 0.2) is 24.3 Å². The average Bonchev–Trinajstić information content (AvgIpc) is 2.20. The van der Waals surface area contributed by atoms with E-state index < -0.39 is 4.92 Å². The van der Waals surface area contributed by atoms with Gasteiger partial charge in [0.2, 0.25) is 0 Å². The zero-order valence-corrected chi connectivity index (χ0v) is 7.84. The molecule has 0 saturated carbocycles. The summed E-state index contributed by atoms with van der Waals surface area (Å²) in [6.45, 7) is 0. The van der Waals surface area contributed by atoms with Crippen LogP contribution in [0.25, 0.3) is 0 Å². The Morgan fingerprint density at radius 1 is 1.36 bits per heavy atom. The Morgan fingerprint density at radius 3 is 2.50 bits per heavy atom. The molecule has 0 aliphatic carbocycles. The second kappa shape index (κ2) is 4.54. The largest absolute Gasteiger partial charge is 0.271 e. The minimum absolute atomic E-state index is 0.0124. The first-order chi connectivity index (χ1) is 6.69. The van der Waals surface area contributed by atoms with E-state index in [-0.39, 0.29) is 5.69 Å². The van der Waals surface area contributed by atoms with Gasteiger partial charge in [0.25, 0.3) is 5.69 Å². The number of benzene rings is 1. The molecule has 0 spiro atoms. The number of nitrogens with zero attached hydrogens (tertiary/aromatic N) is 2. The summed E-state index contributed by atoms with van der Waals surface area (Å²) in [7, 11) is 2.81. The number of non-ortho nitro benzene ring substituents is 1. The van der Waals surface area contributed by atoms with E-state index in [2.05, 4.69) is 0 Å². The van der Waals surface area contributed by atoms with Crippen LogP contribution >= 0.6 is 0 Å². The maximum absolute atomic E-state index is 10.5. The van der Waals surface area contributed by atoms with Crippen molar-refractivity contribution in [2.24, 2.45) is 0 Å². The molecule has 0 fully saturated rings. The molecule has 1 aromatic rings. The first kappa shape index (κ1) is 10.4. The van der Waals surface area contributed by atoms with Gasteiger partial charge in [-0.2, -0.15) is 0 Å². The smallest absolute Gasteiger partial charge is 0.258 e. The Morgan fingerprint density at radius 2 is 2.00 bits per heavy atom. The third-order valence-electron chi connectivity index (χ3n) is 1.58. The number of hydrogen-bond donors (Lipinski definition) is 0. The lowest BCUT2D eigenvalue weighted by Gasteiger charge is -2.17. The normalized spacial score (nSPS) is 9.86. The van der Waals surface area contributed by atoms with E-state index in [1.165, 1.54) is 26.4 Å². The molecule has 6 heteroatoms. The van der Waals surface area contributed by atoms with Gasteiger partial charge < -0.3 is 0 Å². The predicted molar refractivity (Wildman–Crippen MR) is 49.6 cm³/mol. The molecule has 0 atom stereocenters. The maximum Gasteiger partial charge on any atom is 0.271 e. The van der Waals surface area contributed by atoms with Crippen LogP contribution in [0.5, 0.6) is 0 Å². The van der Waals surface area contributed by atoms with Crippen LogP contribution in [0, 0.1) is 10.1 Å². The van der Waals surface area contributed by atoms with Crippen molar-refractivity contribution in [2.45, 2.75) is 0 Å². The van der Waals surface area contributed by atoms with Crippen molar-refractivity contribution in [1.29, 1.82) is 0 Å². The fourth-order valence-corrected chi connectivity index (χ4v) is 1.01. The minimum Gasteiger partial charge on any atom is -0.258 e. The van der Waals surface area contributed by atoms with Crippen LogP contribution in [-0.4, -0.2) is 19.1 Å². The van der Waals surface area contributed by atoms with E-state index in [1.54, 1.807) is 12.1 Å². The van der Waals surface area contributed by atoms with Gasteiger partial charge in [0.05, 0.1) is 19.1 Å². The van der Waals surface area contributed by atoms with Gasteiger partial charge in [-0.3, -0.25) is 19.8 Å². The van der Waals surface area contributed by atoms with Crippen LogP contribution in [0.2, 0.25) is 0 Å². The maximum atomic E-state index is 10.5. The Labute approximate surface area is 80.7 Å². The number of nitro benzene ring substituents is 1. The summed E-state index contributed by atoms with van der Waals surface area (Å²) in [5.74, 6) is 0. The quantitative estimate of drug-likeness (QED) is 0.542. The lowest BCUT2D eigenvalue weighted by molar-refractivity contribution is -0.384. The minimum atomic E-state index is -0.479. The average molecular weight is 198 g/mol. The van der Waals surface area contributed by atoms with Gasteiger partial charge in [0, 0.05) is 12.1 Å². The van der Waals surface area contributed by atoms with Gasteiger partial charge in [-0.15, -0.1) is 5.23 Å².